The summed E-state index contributed by atoms with van der Waals surface area (Å²) < 4.78 is 26.7. The SMILES string of the molecule is CC1CC(C)CN(S(=O)(=O)c2cc(N)cs2)C1. The summed E-state index contributed by atoms with van der Waals surface area (Å²) in [6.45, 7) is 5.43. The number of nitrogen functional groups attached to an aromatic ring is 1. The van der Waals surface area contributed by atoms with Gasteiger partial charge in [0.25, 0.3) is 10.0 Å². The summed E-state index contributed by atoms with van der Waals surface area (Å²) in [7, 11) is -3.34. The second-order valence-electron chi connectivity index (χ2n) is 4.97. The fourth-order valence-electron chi connectivity index (χ4n) is 2.39. The molecule has 2 unspecified atom stereocenters. The molecule has 0 aliphatic carbocycles. The van der Waals surface area contributed by atoms with E-state index in [4.69, 9.17) is 5.73 Å². The molecule has 0 bridgehead atoms. The van der Waals surface area contributed by atoms with Crippen molar-refractivity contribution in [3.63, 3.8) is 0 Å². The predicted octanol–water partition coefficient (Wildman–Crippen LogP) is 2.00. The first kappa shape index (κ1) is 12.9. The molecule has 2 rings (SSSR count). The molecule has 6 heteroatoms. The van der Waals surface area contributed by atoms with Gasteiger partial charge in [-0.1, -0.05) is 13.8 Å². The zero-order valence-electron chi connectivity index (χ0n) is 10.1. The molecule has 4 nitrogen and oxygen atoms in total. The van der Waals surface area contributed by atoms with E-state index in [1.165, 1.54) is 11.3 Å². The summed E-state index contributed by atoms with van der Waals surface area (Å²) in [5, 5.41) is 1.67. The molecule has 1 aliphatic heterocycles. The maximum absolute atomic E-state index is 12.4. The van der Waals surface area contributed by atoms with Crippen LogP contribution in [0.25, 0.3) is 0 Å². The van der Waals surface area contributed by atoms with Crippen LogP contribution in [0.15, 0.2) is 15.7 Å². The summed E-state index contributed by atoms with van der Waals surface area (Å²) in [6.07, 6.45) is 1.10. The highest BCUT2D eigenvalue weighted by Gasteiger charge is 2.32. The Hall–Kier alpha value is -0.590. The lowest BCUT2D eigenvalue weighted by molar-refractivity contribution is 0.223. The van der Waals surface area contributed by atoms with E-state index in [1.54, 1.807) is 15.8 Å². The van der Waals surface area contributed by atoms with E-state index in [0.29, 0.717) is 34.8 Å². The van der Waals surface area contributed by atoms with Crippen LogP contribution in [-0.2, 0) is 10.0 Å². The lowest BCUT2D eigenvalue weighted by atomic mass is 9.94. The van der Waals surface area contributed by atoms with Crippen molar-refractivity contribution in [3.05, 3.63) is 11.4 Å². The molecule has 1 fully saturated rings. The van der Waals surface area contributed by atoms with Crippen LogP contribution in [-0.4, -0.2) is 25.8 Å². The number of nitrogens with two attached hydrogens (primary N) is 1. The van der Waals surface area contributed by atoms with Crippen molar-refractivity contribution in [2.24, 2.45) is 11.8 Å². The van der Waals surface area contributed by atoms with E-state index in [2.05, 4.69) is 13.8 Å². The fraction of sp³-hybridized carbons (Fsp3) is 0.636. The van der Waals surface area contributed by atoms with Gasteiger partial charge in [0, 0.05) is 24.2 Å². The summed E-state index contributed by atoms with van der Waals surface area (Å²) in [4.78, 5) is 0. The quantitative estimate of drug-likeness (QED) is 0.897. The van der Waals surface area contributed by atoms with Crippen LogP contribution in [0.4, 0.5) is 5.69 Å². The third-order valence-electron chi connectivity index (χ3n) is 3.03. The summed E-state index contributed by atoms with van der Waals surface area (Å²) in [6, 6.07) is 1.55. The molecular formula is C11H18N2O2S2. The standard InChI is InChI=1S/C11H18N2O2S2/c1-8-3-9(2)6-13(5-8)17(14,15)11-4-10(12)7-16-11/h4,7-9H,3,5-6,12H2,1-2H3. The number of sulfonamides is 1. The highest BCUT2D eigenvalue weighted by atomic mass is 32.2. The van der Waals surface area contributed by atoms with E-state index in [9.17, 15) is 8.42 Å². The average molecular weight is 274 g/mol. The van der Waals surface area contributed by atoms with Gasteiger partial charge in [0.05, 0.1) is 0 Å². The van der Waals surface area contributed by atoms with Gasteiger partial charge >= 0.3 is 0 Å². The van der Waals surface area contributed by atoms with Crippen molar-refractivity contribution in [1.29, 1.82) is 0 Å². The molecule has 2 N–H and O–H groups in total. The predicted molar refractivity (Wildman–Crippen MR) is 70.4 cm³/mol. The van der Waals surface area contributed by atoms with Crippen LogP contribution in [0.1, 0.15) is 20.3 Å². The molecule has 2 heterocycles. The highest BCUT2D eigenvalue weighted by Crippen LogP contribution is 2.30. The lowest BCUT2D eigenvalue weighted by Gasteiger charge is -2.33. The molecule has 1 saturated heterocycles. The van der Waals surface area contributed by atoms with Crippen molar-refractivity contribution in [3.8, 4) is 0 Å². The van der Waals surface area contributed by atoms with Crippen molar-refractivity contribution < 1.29 is 8.42 Å². The molecular weight excluding hydrogens is 256 g/mol. The van der Waals surface area contributed by atoms with Gasteiger partial charge in [0.2, 0.25) is 0 Å². The van der Waals surface area contributed by atoms with Gasteiger partial charge < -0.3 is 5.73 Å². The van der Waals surface area contributed by atoms with E-state index in [-0.39, 0.29) is 0 Å². The van der Waals surface area contributed by atoms with Crippen LogP contribution in [0.2, 0.25) is 0 Å². The molecule has 1 aromatic heterocycles. The van der Waals surface area contributed by atoms with Gasteiger partial charge in [0.1, 0.15) is 4.21 Å². The summed E-state index contributed by atoms with van der Waals surface area (Å²) in [5.74, 6) is 0.844. The number of rotatable bonds is 2. The Labute approximate surface area is 106 Å². The molecule has 1 aliphatic rings. The van der Waals surface area contributed by atoms with E-state index < -0.39 is 10.0 Å². The number of hydrogen-bond donors (Lipinski definition) is 1. The number of nitrogens with zero attached hydrogens (tertiary/aromatic N) is 1. The first-order valence-electron chi connectivity index (χ1n) is 5.73. The maximum Gasteiger partial charge on any atom is 0.252 e. The fourth-order valence-corrected chi connectivity index (χ4v) is 5.31. The first-order chi connectivity index (χ1) is 7.89. The van der Waals surface area contributed by atoms with Crippen molar-refractivity contribution >= 4 is 27.0 Å². The van der Waals surface area contributed by atoms with Gasteiger partial charge in [-0.2, -0.15) is 4.31 Å². The van der Waals surface area contributed by atoms with Gasteiger partial charge in [-0.25, -0.2) is 8.42 Å². The Balaban J connectivity index is 2.26. The molecule has 0 radical (unpaired) electrons. The number of piperidine rings is 1. The number of hydrogen-bond acceptors (Lipinski definition) is 4. The molecule has 0 aromatic carbocycles. The second-order valence-corrected chi connectivity index (χ2v) is 8.04. The van der Waals surface area contributed by atoms with E-state index >= 15 is 0 Å². The normalized spacial score (nSPS) is 27.2. The Morgan fingerprint density at radius 3 is 2.41 bits per heavy atom. The van der Waals surface area contributed by atoms with Crippen molar-refractivity contribution in [2.75, 3.05) is 18.8 Å². The zero-order chi connectivity index (χ0) is 12.6. The lowest BCUT2D eigenvalue weighted by Crippen LogP contribution is -2.42. The molecule has 0 saturated carbocycles. The first-order valence-corrected chi connectivity index (χ1v) is 8.05. The Bertz CT molecular complexity index is 485. The van der Waals surface area contributed by atoms with Crippen LogP contribution >= 0.6 is 11.3 Å². The number of anilines is 1. The van der Waals surface area contributed by atoms with Crippen LogP contribution in [0.3, 0.4) is 0 Å². The van der Waals surface area contributed by atoms with Crippen LogP contribution < -0.4 is 5.73 Å². The van der Waals surface area contributed by atoms with Crippen molar-refractivity contribution in [1.82, 2.24) is 4.31 Å². The maximum atomic E-state index is 12.4. The van der Waals surface area contributed by atoms with Crippen molar-refractivity contribution in [2.45, 2.75) is 24.5 Å². The Morgan fingerprint density at radius 1 is 1.35 bits per heavy atom. The largest absolute Gasteiger partial charge is 0.398 e. The van der Waals surface area contributed by atoms with E-state index in [1.807, 2.05) is 0 Å². The smallest absolute Gasteiger partial charge is 0.252 e. The second kappa shape index (κ2) is 4.59. The minimum atomic E-state index is -3.34. The van der Waals surface area contributed by atoms with E-state index in [0.717, 1.165) is 6.42 Å². The van der Waals surface area contributed by atoms with Crippen LogP contribution in [0.5, 0.6) is 0 Å². The Morgan fingerprint density at radius 2 is 1.94 bits per heavy atom. The molecule has 0 spiro atoms. The monoisotopic (exact) mass is 274 g/mol. The number of thiophene rings is 1. The minimum absolute atomic E-state index is 0.358. The third-order valence-corrected chi connectivity index (χ3v) is 6.29. The Kier molecular flexibility index (Phi) is 3.47. The summed E-state index contributed by atoms with van der Waals surface area (Å²) >= 11 is 1.20. The molecule has 96 valence electrons. The molecule has 17 heavy (non-hydrogen) atoms. The summed E-state index contributed by atoms with van der Waals surface area (Å²) in [5.41, 5.74) is 6.11. The van der Waals surface area contributed by atoms with Gasteiger partial charge in [0.15, 0.2) is 0 Å². The zero-order valence-corrected chi connectivity index (χ0v) is 11.7. The average Bonchev–Trinajstić information content (AvgIpc) is 2.64. The topological polar surface area (TPSA) is 63.4 Å². The molecule has 0 amide bonds. The van der Waals surface area contributed by atoms with Gasteiger partial charge in [-0.15, -0.1) is 11.3 Å². The molecule has 1 aromatic rings. The highest BCUT2D eigenvalue weighted by molar-refractivity contribution is 7.91. The van der Waals surface area contributed by atoms with Gasteiger partial charge in [-0.3, -0.25) is 0 Å². The third kappa shape index (κ3) is 2.64. The molecule has 2 atom stereocenters. The minimum Gasteiger partial charge on any atom is -0.398 e. The van der Waals surface area contributed by atoms with Gasteiger partial charge in [-0.05, 0) is 24.3 Å². The van der Waals surface area contributed by atoms with Crippen LogP contribution in [0, 0.1) is 11.8 Å².